The molecule has 0 amide bonds. The van der Waals surface area contributed by atoms with Gasteiger partial charge in [-0.05, 0) is 54.5 Å². The lowest BCUT2D eigenvalue weighted by atomic mass is 9.84. The summed E-state index contributed by atoms with van der Waals surface area (Å²) in [6, 6.07) is 11.4. The average molecular weight is 521 g/mol. The fourth-order valence-electron chi connectivity index (χ4n) is 5.95. The number of aryl methyl sites for hydroxylation is 1. The van der Waals surface area contributed by atoms with Gasteiger partial charge in [-0.3, -0.25) is 4.98 Å². The SMILES string of the molecule is C=CCNCc1ccc(N(C2CCCc3cccnc32)C(c2ncc[nH]2)C2C=CC=CC2)c(CNCC=C)c1. The minimum absolute atomic E-state index is 0.0297. The summed E-state index contributed by atoms with van der Waals surface area (Å²) in [7, 11) is 0. The van der Waals surface area contributed by atoms with Crippen LogP contribution in [0.2, 0.25) is 0 Å². The number of aromatic amines is 1. The third-order valence-electron chi connectivity index (χ3n) is 7.66. The number of aromatic nitrogens is 3. The Morgan fingerprint density at radius 2 is 1.92 bits per heavy atom. The number of imidazole rings is 1. The van der Waals surface area contributed by atoms with Crippen LogP contribution in [0.15, 0.2) is 98.5 Å². The quantitative estimate of drug-likeness (QED) is 0.187. The number of anilines is 1. The van der Waals surface area contributed by atoms with Crippen LogP contribution in [-0.2, 0) is 19.5 Å². The molecule has 3 unspecified atom stereocenters. The summed E-state index contributed by atoms with van der Waals surface area (Å²) in [4.78, 5) is 15.9. The van der Waals surface area contributed by atoms with Gasteiger partial charge in [0, 0.05) is 56.4 Å². The van der Waals surface area contributed by atoms with E-state index in [2.05, 4.69) is 88.3 Å². The van der Waals surface area contributed by atoms with E-state index in [0.29, 0.717) is 0 Å². The third-order valence-corrected chi connectivity index (χ3v) is 7.66. The van der Waals surface area contributed by atoms with Crippen molar-refractivity contribution in [3.8, 4) is 0 Å². The maximum absolute atomic E-state index is 4.98. The molecule has 0 fully saturated rings. The monoisotopic (exact) mass is 520 g/mol. The number of benzene rings is 1. The first-order valence-corrected chi connectivity index (χ1v) is 14.1. The summed E-state index contributed by atoms with van der Waals surface area (Å²) in [6.45, 7) is 10.8. The van der Waals surface area contributed by atoms with E-state index in [1.165, 1.54) is 28.1 Å². The van der Waals surface area contributed by atoms with E-state index in [9.17, 15) is 0 Å². The second kappa shape index (κ2) is 13.4. The fraction of sp³-hybridized carbons (Fsp3) is 0.333. The smallest absolute Gasteiger partial charge is 0.129 e. The number of rotatable bonds is 13. The van der Waals surface area contributed by atoms with Crippen molar-refractivity contribution in [1.82, 2.24) is 25.6 Å². The zero-order valence-corrected chi connectivity index (χ0v) is 22.7. The number of nitrogens with zero attached hydrogens (tertiary/aromatic N) is 3. The van der Waals surface area contributed by atoms with E-state index in [1.54, 1.807) is 0 Å². The minimum Gasteiger partial charge on any atom is -0.352 e. The number of hydrogen-bond acceptors (Lipinski definition) is 5. The van der Waals surface area contributed by atoms with E-state index in [1.807, 2.05) is 30.7 Å². The van der Waals surface area contributed by atoms with Crippen molar-refractivity contribution in [3.63, 3.8) is 0 Å². The predicted octanol–water partition coefficient (Wildman–Crippen LogP) is 6.11. The molecule has 3 N–H and O–H groups in total. The molecule has 39 heavy (non-hydrogen) atoms. The number of fused-ring (bicyclic) bond motifs is 1. The van der Waals surface area contributed by atoms with Crippen molar-refractivity contribution < 1.29 is 0 Å². The first-order chi connectivity index (χ1) is 19.3. The van der Waals surface area contributed by atoms with Crippen molar-refractivity contribution in [2.45, 2.75) is 50.9 Å². The Morgan fingerprint density at radius 3 is 2.69 bits per heavy atom. The highest BCUT2D eigenvalue weighted by atomic mass is 15.2. The van der Waals surface area contributed by atoms with Crippen LogP contribution in [0, 0.1) is 5.92 Å². The van der Waals surface area contributed by atoms with Crippen LogP contribution >= 0.6 is 0 Å². The molecule has 0 radical (unpaired) electrons. The van der Waals surface area contributed by atoms with E-state index >= 15 is 0 Å². The van der Waals surface area contributed by atoms with Crippen molar-refractivity contribution in [2.24, 2.45) is 5.92 Å². The lowest BCUT2D eigenvalue weighted by molar-refractivity contribution is 0.390. The molecular formula is C33H40N6. The van der Waals surface area contributed by atoms with Crippen molar-refractivity contribution in [2.75, 3.05) is 18.0 Å². The van der Waals surface area contributed by atoms with Gasteiger partial charge in [0.05, 0.1) is 17.8 Å². The van der Waals surface area contributed by atoms with Crippen LogP contribution in [0.5, 0.6) is 0 Å². The standard InChI is InChI=1S/C33H40N6/c1-3-17-34-23-25-15-16-29(28(22-25)24-35-18-4-2)39(30-14-8-12-26-13-9-19-36-31(26)30)32(33-37-20-21-38-33)27-10-6-5-7-11-27/h3-7,9-10,13,15-16,19-22,27,30,32,34-35H,1-2,8,11-12,14,17-18,23-24H2,(H,37,38). The van der Waals surface area contributed by atoms with E-state index in [-0.39, 0.29) is 18.0 Å². The molecule has 2 heterocycles. The molecule has 2 aliphatic rings. The molecule has 202 valence electrons. The van der Waals surface area contributed by atoms with Crippen LogP contribution in [-0.4, -0.2) is 28.0 Å². The van der Waals surface area contributed by atoms with Gasteiger partial charge in [-0.15, -0.1) is 13.2 Å². The zero-order valence-electron chi connectivity index (χ0n) is 22.7. The van der Waals surface area contributed by atoms with Crippen molar-refractivity contribution in [3.05, 3.63) is 127 Å². The molecule has 3 atom stereocenters. The predicted molar refractivity (Wildman–Crippen MR) is 160 cm³/mol. The second-order valence-corrected chi connectivity index (χ2v) is 10.3. The minimum atomic E-state index is 0.0297. The molecule has 6 heteroatoms. The summed E-state index contributed by atoms with van der Waals surface area (Å²) in [6.07, 6.45) is 22.7. The van der Waals surface area contributed by atoms with E-state index in [4.69, 9.17) is 9.97 Å². The number of pyridine rings is 1. The molecular weight excluding hydrogens is 480 g/mol. The normalized spacial score (nSPS) is 18.9. The van der Waals surface area contributed by atoms with Crippen LogP contribution in [0.4, 0.5) is 5.69 Å². The largest absolute Gasteiger partial charge is 0.352 e. The zero-order chi connectivity index (χ0) is 26.9. The Bertz CT molecular complexity index is 1290. The molecule has 1 aromatic carbocycles. The average Bonchev–Trinajstić information content (AvgIpc) is 3.51. The van der Waals surface area contributed by atoms with Crippen LogP contribution in [0.25, 0.3) is 0 Å². The molecule has 0 spiro atoms. The molecule has 2 aromatic heterocycles. The van der Waals surface area contributed by atoms with Gasteiger partial charge in [-0.25, -0.2) is 4.98 Å². The third kappa shape index (κ3) is 6.29. The number of hydrogen-bond donors (Lipinski definition) is 3. The first-order valence-electron chi connectivity index (χ1n) is 14.1. The Hall–Kier alpha value is -3.74. The Morgan fingerprint density at radius 1 is 1.05 bits per heavy atom. The molecule has 3 aromatic rings. The number of allylic oxidation sites excluding steroid dienone is 3. The number of H-pyrrole nitrogens is 1. The van der Waals surface area contributed by atoms with Gasteiger partial charge in [0.25, 0.3) is 0 Å². The summed E-state index contributed by atoms with van der Waals surface area (Å²) in [5, 5.41) is 7.03. The lowest BCUT2D eigenvalue weighted by Crippen LogP contribution is -2.40. The van der Waals surface area contributed by atoms with E-state index in [0.717, 1.165) is 57.7 Å². The highest BCUT2D eigenvalue weighted by Crippen LogP contribution is 2.46. The molecule has 0 aliphatic heterocycles. The second-order valence-electron chi connectivity index (χ2n) is 10.3. The van der Waals surface area contributed by atoms with Crippen molar-refractivity contribution in [1.29, 1.82) is 0 Å². The fourth-order valence-corrected chi connectivity index (χ4v) is 5.95. The van der Waals surface area contributed by atoms with Gasteiger partial charge in [0.2, 0.25) is 0 Å². The van der Waals surface area contributed by atoms with Gasteiger partial charge in [-0.2, -0.15) is 0 Å². The van der Waals surface area contributed by atoms with Gasteiger partial charge in [-0.1, -0.05) is 54.7 Å². The van der Waals surface area contributed by atoms with E-state index < -0.39 is 0 Å². The highest BCUT2D eigenvalue weighted by molar-refractivity contribution is 5.59. The molecule has 6 nitrogen and oxygen atoms in total. The molecule has 5 rings (SSSR count). The van der Waals surface area contributed by atoms with Gasteiger partial charge in [0.15, 0.2) is 0 Å². The lowest BCUT2D eigenvalue weighted by Gasteiger charge is -2.44. The molecule has 0 saturated carbocycles. The summed E-state index contributed by atoms with van der Waals surface area (Å²) in [5.74, 6) is 1.27. The Balaban J connectivity index is 1.65. The van der Waals surface area contributed by atoms with Crippen LogP contribution in [0.1, 0.15) is 59.6 Å². The number of nitrogens with one attached hydrogen (secondary N) is 3. The molecule has 2 aliphatic carbocycles. The van der Waals surface area contributed by atoms with Crippen LogP contribution < -0.4 is 15.5 Å². The van der Waals surface area contributed by atoms with Crippen molar-refractivity contribution >= 4 is 5.69 Å². The molecule has 0 saturated heterocycles. The van der Waals surface area contributed by atoms with Crippen LogP contribution in [0.3, 0.4) is 0 Å². The Kier molecular flexibility index (Phi) is 9.20. The summed E-state index contributed by atoms with van der Waals surface area (Å²) >= 11 is 0. The molecule has 0 bridgehead atoms. The van der Waals surface area contributed by atoms with Gasteiger partial charge >= 0.3 is 0 Å². The van der Waals surface area contributed by atoms with Gasteiger partial charge < -0.3 is 20.5 Å². The Labute approximate surface area is 232 Å². The van der Waals surface area contributed by atoms with Gasteiger partial charge in [0.1, 0.15) is 5.82 Å². The summed E-state index contributed by atoms with van der Waals surface area (Å²) in [5.41, 5.74) is 6.30. The highest BCUT2D eigenvalue weighted by Gasteiger charge is 2.38. The summed E-state index contributed by atoms with van der Waals surface area (Å²) < 4.78 is 0. The maximum atomic E-state index is 4.98. The first kappa shape index (κ1) is 26.9. The maximum Gasteiger partial charge on any atom is 0.129 e. The topological polar surface area (TPSA) is 68.9 Å².